The SMILES string of the molecule is O=C1CCC(=O)N1CCSc1ncnc2sc3c(c12)CCC3. The Hall–Kier alpha value is -1.47. The number of hydrogen-bond acceptors (Lipinski definition) is 6. The summed E-state index contributed by atoms with van der Waals surface area (Å²) in [5, 5.41) is 2.19. The third kappa shape index (κ3) is 2.32. The molecule has 0 unspecified atom stereocenters. The minimum atomic E-state index is -0.0464. The van der Waals surface area contributed by atoms with Crippen LogP contribution in [0.15, 0.2) is 11.4 Å². The van der Waals surface area contributed by atoms with Crippen LogP contribution < -0.4 is 0 Å². The lowest BCUT2D eigenvalue weighted by Crippen LogP contribution is -2.31. The minimum absolute atomic E-state index is 0.0464. The Morgan fingerprint density at radius 2 is 1.95 bits per heavy atom. The Kier molecular flexibility index (Phi) is 3.62. The molecule has 5 nitrogen and oxygen atoms in total. The van der Waals surface area contributed by atoms with Gasteiger partial charge in [0.15, 0.2) is 0 Å². The molecule has 0 N–H and O–H groups in total. The molecule has 114 valence electrons. The molecule has 2 amide bonds. The van der Waals surface area contributed by atoms with Gasteiger partial charge in [0.05, 0.1) is 0 Å². The maximum absolute atomic E-state index is 11.6. The summed E-state index contributed by atoms with van der Waals surface area (Å²) in [5.74, 6) is 0.596. The highest BCUT2D eigenvalue weighted by atomic mass is 32.2. The van der Waals surface area contributed by atoms with Gasteiger partial charge in [-0.2, -0.15) is 0 Å². The average Bonchev–Trinajstić information content (AvgIpc) is 3.16. The summed E-state index contributed by atoms with van der Waals surface area (Å²) < 4.78 is 0. The molecule has 0 saturated carbocycles. The van der Waals surface area contributed by atoms with Crippen molar-refractivity contribution in [3.8, 4) is 0 Å². The molecule has 7 heteroatoms. The van der Waals surface area contributed by atoms with Gasteiger partial charge in [-0.1, -0.05) is 0 Å². The third-order valence-corrected chi connectivity index (χ3v) is 6.34. The molecule has 22 heavy (non-hydrogen) atoms. The number of aromatic nitrogens is 2. The van der Waals surface area contributed by atoms with E-state index in [9.17, 15) is 9.59 Å². The Labute approximate surface area is 136 Å². The fourth-order valence-corrected chi connectivity index (χ4v) is 5.36. The first-order chi connectivity index (χ1) is 10.7. The number of carbonyl (C=O) groups is 2. The Morgan fingerprint density at radius 3 is 2.77 bits per heavy atom. The number of hydrogen-bond donors (Lipinski definition) is 0. The molecule has 2 aliphatic rings. The zero-order valence-corrected chi connectivity index (χ0v) is 13.6. The van der Waals surface area contributed by atoms with Crippen molar-refractivity contribution in [3.05, 3.63) is 16.8 Å². The Morgan fingerprint density at radius 1 is 1.14 bits per heavy atom. The number of fused-ring (bicyclic) bond motifs is 3. The van der Waals surface area contributed by atoms with Gasteiger partial charge < -0.3 is 0 Å². The standard InChI is InChI=1S/C15H15N3O2S2/c19-11-4-5-12(20)18(11)6-7-21-14-13-9-2-1-3-10(9)22-15(13)17-8-16-14/h8H,1-7H2. The number of thiophene rings is 1. The highest BCUT2D eigenvalue weighted by molar-refractivity contribution is 7.99. The van der Waals surface area contributed by atoms with Gasteiger partial charge in [0.1, 0.15) is 16.2 Å². The van der Waals surface area contributed by atoms with Gasteiger partial charge in [-0.15, -0.1) is 23.1 Å². The fourth-order valence-electron chi connectivity index (χ4n) is 3.11. The molecular weight excluding hydrogens is 318 g/mol. The Bertz CT molecular complexity index is 755. The number of aryl methyl sites for hydroxylation is 2. The van der Waals surface area contributed by atoms with Crippen LogP contribution in [0.3, 0.4) is 0 Å². The molecule has 0 radical (unpaired) electrons. The summed E-state index contributed by atoms with van der Waals surface area (Å²) in [7, 11) is 0. The smallest absolute Gasteiger partial charge is 0.229 e. The lowest BCUT2D eigenvalue weighted by atomic mass is 10.2. The van der Waals surface area contributed by atoms with E-state index >= 15 is 0 Å². The minimum Gasteiger partial charge on any atom is -0.282 e. The fraction of sp³-hybridized carbons (Fsp3) is 0.467. The van der Waals surface area contributed by atoms with E-state index in [1.165, 1.54) is 27.1 Å². The van der Waals surface area contributed by atoms with E-state index in [1.807, 2.05) is 0 Å². The second kappa shape index (κ2) is 5.62. The lowest BCUT2D eigenvalue weighted by molar-refractivity contribution is -0.137. The van der Waals surface area contributed by atoms with Crippen LogP contribution in [0.4, 0.5) is 0 Å². The quantitative estimate of drug-likeness (QED) is 0.488. The van der Waals surface area contributed by atoms with Crippen molar-refractivity contribution in [3.63, 3.8) is 0 Å². The van der Waals surface area contributed by atoms with Crippen LogP contribution in [0.2, 0.25) is 0 Å². The average molecular weight is 333 g/mol. The van der Waals surface area contributed by atoms with Crippen molar-refractivity contribution in [2.75, 3.05) is 12.3 Å². The van der Waals surface area contributed by atoms with Crippen LogP contribution in [0, 0.1) is 0 Å². The molecule has 4 rings (SSSR count). The van der Waals surface area contributed by atoms with Crippen molar-refractivity contribution in [1.29, 1.82) is 0 Å². The number of carbonyl (C=O) groups excluding carboxylic acids is 2. The summed E-state index contributed by atoms with van der Waals surface area (Å²) in [6.45, 7) is 0.472. The van der Waals surface area contributed by atoms with Gasteiger partial charge in [0.25, 0.3) is 0 Å². The molecule has 1 fully saturated rings. The topological polar surface area (TPSA) is 63.2 Å². The highest BCUT2D eigenvalue weighted by Gasteiger charge is 2.28. The van der Waals surface area contributed by atoms with Gasteiger partial charge in [-0.25, -0.2) is 9.97 Å². The molecule has 0 aromatic carbocycles. The van der Waals surface area contributed by atoms with Crippen molar-refractivity contribution in [2.24, 2.45) is 0 Å². The summed E-state index contributed by atoms with van der Waals surface area (Å²) >= 11 is 3.40. The molecule has 1 aliphatic heterocycles. The van der Waals surface area contributed by atoms with Crippen LogP contribution in [-0.2, 0) is 22.4 Å². The van der Waals surface area contributed by atoms with Crippen molar-refractivity contribution < 1.29 is 9.59 Å². The first kappa shape index (κ1) is 14.1. The van der Waals surface area contributed by atoms with E-state index < -0.39 is 0 Å². The van der Waals surface area contributed by atoms with Crippen molar-refractivity contribution in [2.45, 2.75) is 37.1 Å². The van der Waals surface area contributed by atoms with Crippen molar-refractivity contribution >= 4 is 45.1 Å². The molecule has 0 atom stereocenters. The maximum Gasteiger partial charge on any atom is 0.229 e. The van der Waals surface area contributed by atoms with Crippen LogP contribution in [0.25, 0.3) is 10.2 Å². The molecule has 1 aliphatic carbocycles. The number of amides is 2. The largest absolute Gasteiger partial charge is 0.282 e. The molecule has 2 aromatic rings. The van der Waals surface area contributed by atoms with Crippen LogP contribution >= 0.6 is 23.1 Å². The van der Waals surface area contributed by atoms with E-state index in [4.69, 9.17) is 0 Å². The number of imide groups is 1. The maximum atomic E-state index is 11.6. The molecule has 0 bridgehead atoms. The normalized spacial score (nSPS) is 17.7. The van der Waals surface area contributed by atoms with E-state index in [1.54, 1.807) is 29.4 Å². The molecule has 0 spiro atoms. The first-order valence-corrected chi connectivity index (χ1v) is 9.25. The van der Waals surface area contributed by atoms with Gasteiger partial charge in [0, 0.05) is 35.4 Å². The third-order valence-electron chi connectivity index (χ3n) is 4.18. The first-order valence-electron chi connectivity index (χ1n) is 7.45. The van der Waals surface area contributed by atoms with Crippen LogP contribution in [0.1, 0.15) is 29.7 Å². The number of likely N-dealkylation sites (tertiary alicyclic amines) is 1. The molecule has 3 heterocycles. The number of nitrogens with zero attached hydrogens (tertiary/aromatic N) is 3. The predicted molar refractivity (Wildman–Crippen MR) is 86.1 cm³/mol. The van der Waals surface area contributed by atoms with E-state index in [-0.39, 0.29) is 11.8 Å². The molecule has 1 saturated heterocycles. The monoisotopic (exact) mass is 333 g/mol. The highest BCUT2D eigenvalue weighted by Crippen LogP contribution is 2.39. The van der Waals surface area contributed by atoms with Gasteiger partial charge in [-0.05, 0) is 24.8 Å². The zero-order valence-electron chi connectivity index (χ0n) is 12.0. The number of rotatable bonds is 4. The van der Waals surface area contributed by atoms with Crippen molar-refractivity contribution in [1.82, 2.24) is 14.9 Å². The second-order valence-electron chi connectivity index (χ2n) is 5.50. The van der Waals surface area contributed by atoms with E-state index in [0.717, 1.165) is 22.7 Å². The summed E-state index contributed by atoms with van der Waals surface area (Å²) in [5.41, 5.74) is 1.41. The van der Waals surface area contributed by atoms with E-state index in [0.29, 0.717) is 25.1 Å². The molecular formula is C15H15N3O2S2. The van der Waals surface area contributed by atoms with Crippen LogP contribution in [-0.4, -0.2) is 39.0 Å². The van der Waals surface area contributed by atoms with Gasteiger partial charge in [0.2, 0.25) is 11.8 Å². The molecule has 2 aromatic heterocycles. The van der Waals surface area contributed by atoms with Crippen LogP contribution in [0.5, 0.6) is 0 Å². The van der Waals surface area contributed by atoms with Gasteiger partial charge in [-0.3, -0.25) is 14.5 Å². The second-order valence-corrected chi connectivity index (χ2v) is 7.67. The number of thioether (sulfide) groups is 1. The predicted octanol–water partition coefficient (Wildman–Crippen LogP) is 2.42. The summed E-state index contributed by atoms with van der Waals surface area (Å²) in [4.78, 5) is 36.0. The Balaban J connectivity index is 1.52. The lowest BCUT2D eigenvalue weighted by Gasteiger charge is -2.13. The summed E-state index contributed by atoms with van der Waals surface area (Å²) in [6.07, 6.45) is 5.81. The summed E-state index contributed by atoms with van der Waals surface area (Å²) in [6, 6.07) is 0. The van der Waals surface area contributed by atoms with E-state index in [2.05, 4.69) is 9.97 Å². The van der Waals surface area contributed by atoms with Gasteiger partial charge >= 0.3 is 0 Å². The zero-order chi connectivity index (χ0) is 15.1.